The molecule has 0 radical (unpaired) electrons. The van der Waals surface area contributed by atoms with E-state index in [-0.39, 0.29) is 12.2 Å². The second kappa shape index (κ2) is 13.0. The number of carboxylic acid groups (broad SMARTS) is 1. The maximum Gasteiger partial charge on any atom is 0.326 e. The number of para-hydroxylation sites is 1. The number of benzene rings is 4. The number of hydrogen-bond acceptors (Lipinski definition) is 6. The average molecular weight is 565 g/mol. The van der Waals surface area contributed by atoms with Crippen molar-refractivity contribution in [1.82, 2.24) is 4.98 Å². The molecule has 0 spiro atoms. The van der Waals surface area contributed by atoms with Crippen LogP contribution in [0.4, 0.5) is 10.1 Å². The summed E-state index contributed by atoms with van der Waals surface area (Å²) in [5.41, 5.74) is 3.53. The van der Waals surface area contributed by atoms with E-state index in [0.717, 1.165) is 22.6 Å². The molecule has 0 aliphatic heterocycles. The number of aliphatic carboxylic acids is 1. The van der Waals surface area contributed by atoms with Crippen molar-refractivity contribution in [3.63, 3.8) is 0 Å². The van der Waals surface area contributed by atoms with Gasteiger partial charge in [-0.05, 0) is 73.2 Å². The normalized spacial score (nSPS) is 11.6. The van der Waals surface area contributed by atoms with Crippen LogP contribution in [0.3, 0.4) is 0 Å². The molecule has 0 aliphatic carbocycles. The number of nitrogens with zero attached hydrogens (tertiary/aromatic N) is 1. The van der Waals surface area contributed by atoms with E-state index in [1.54, 1.807) is 36.4 Å². The molecule has 7 nitrogen and oxygen atoms in total. The number of aromatic nitrogens is 1. The number of aryl methyl sites for hydroxylation is 1. The Hall–Kier alpha value is -5.24. The van der Waals surface area contributed by atoms with E-state index in [4.69, 9.17) is 9.15 Å². The van der Waals surface area contributed by atoms with Crippen molar-refractivity contribution in [2.75, 3.05) is 11.9 Å². The third-order valence-electron chi connectivity index (χ3n) is 6.79. The Kier molecular flexibility index (Phi) is 8.72. The van der Waals surface area contributed by atoms with Crippen LogP contribution in [-0.4, -0.2) is 34.5 Å². The van der Waals surface area contributed by atoms with Gasteiger partial charge in [-0.1, -0.05) is 42.5 Å². The molecule has 8 heteroatoms. The van der Waals surface area contributed by atoms with Crippen LogP contribution < -0.4 is 10.1 Å². The Morgan fingerprint density at radius 1 is 0.929 bits per heavy atom. The quantitative estimate of drug-likeness (QED) is 0.162. The van der Waals surface area contributed by atoms with Crippen LogP contribution in [0.2, 0.25) is 0 Å². The Bertz CT molecular complexity index is 1670. The highest BCUT2D eigenvalue weighted by Gasteiger charge is 2.21. The number of carbonyl (C=O) groups is 2. The highest BCUT2D eigenvalue weighted by atomic mass is 19.1. The van der Waals surface area contributed by atoms with E-state index in [1.165, 1.54) is 24.3 Å². The van der Waals surface area contributed by atoms with Crippen molar-refractivity contribution in [3.8, 4) is 17.2 Å². The molecule has 0 amide bonds. The van der Waals surface area contributed by atoms with Gasteiger partial charge >= 0.3 is 5.97 Å². The zero-order valence-electron chi connectivity index (χ0n) is 22.9. The third-order valence-corrected chi connectivity index (χ3v) is 6.79. The van der Waals surface area contributed by atoms with Gasteiger partial charge in [0.15, 0.2) is 5.78 Å². The van der Waals surface area contributed by atoms with Crippen molar-refractivity contribution in [2.24, 2.45) is 0 Å². The number of halogens is 1. The van der Waals surface area contributed by atoms with E-state index in [0.29, 0.717) is 41.5 Å². The molecule has 0 saturated heterocycles. The smallest absolute Gasteiger partial charge is 0.326 e. The summed E-state index contributed by atoms with van der Waals surface area (Å²) in [4.78, 5) is 29.8. The summed E-state index contributed by atoms with van der Waals surface area (Å²) in [5, 5.41) is 12.9. The predicted octanol–water partition coefficient (Wildman–Crippen LogP) is 6.75. The van der Waals surface area contributed by atoms with Gasteiger partial charge in [0, 0.05) is 35.2 Å². The van der Waals surface area contributed by atoms with Crippen LogP contribution in [0, 0.1) is 12.7 Å². The van der Waals surface area contributed by atoms with Crippen molar-refractivity contribution in [3.05, 3.63) is 137 Å². The molecular formula is C34H29FN2O5. The van der Waals surface area contributed by atoms with Gasteiger partial charge in [-0.2, -0.15) is 0 Å². The Morgan fingerprint density at radius 2 is 1.62 bits per heavy atom. The summed E-state index contributed by atoms with van der Waals surface area (Å²) in [5.74, 6) is 0.150. The number of carboxylic acids is 1. The van der Waals surface area contributed by atoms with Gasteiger partial charge in [-0.25, -0.2) is 14.2 Å². The molecule has 2 N–H and O–H groups in total. The van der Waals surface area contributed by atoms with E-state index >= 15 is 0 Å². The lowest BCUT2D eigenvalue weighted by atomic mass is 10.00. The van der Waals surface area contributed by atoms with Crippen LogP contribution in [0.1, 0.15) is 32.9 Å². The topological polar surface area (TPSA) is 102 Å². The number of carbonyl (C=O) groups excluding carboxylic acids is 1. The van der Waals surface area contributed by atoms with Gasteiger partial charge in [-0.15, -0.1) is 0 Å². The first-order valence-corrected chi connectivity index (χ1v) is 13.5. The molecule has 0 aliphatic rings. The van der Waals surface area contributed by atoms with Crippen LogP contribution in [0.15, 0.2) is 108 Å². The molecule has 0 saturated carbocycles. The molecule has 1 heterocycles. The first-order valence-electron chi connectivity index (χ1n) is 13.5. The van der Waals surface area contributed by atoms with E-state index in [2.05, 4.69) is 10.3 Å². The zero-order chi connectivity index (χ0) is 29.5. The largest absolute Gasteiger partial charge is 0.493 e. The van der Waals surface area contributed by atoms with Gasteiger partial charge in [0.1, 0.15) is 23.4 Å². The van der Waals surface area contributed by atoms with Gasteiger partial charge in [0.25, 0.3) is 0 Å². The molecular weight excluding hydrogens is 535 g/mol. The zero-order valence-corrected chi connectivity index (χ0v) is 22.9. The summed E-state index contributed by atoms with van der Waals surface area (Å²) in [6, 6.07) is 27.9. The minimum absolute atomic E-state index is 0.176. The highest BCUT2D eigenvalue weighted by Crippen LogP contribution is 2.24. The Morgan fingerprint density at radius 3 is 2.33 bits per heavy atom. The lowest BCUT2D eigenvalue weighted by Crippen LogP contribution is -2.32. The Balaban J connectivity index is 1.20. The highest BCUT2D eigenvalue weighted by molar-refractivity contribution is 6.12. The van der Waals surface area contributed by atoms with Crippen LogP contribution in [0.25, 0.3) is 11.5 Å². The summed E-state index contributed by atoms with van der Waals surface area (Å²) in [7, 11) is 0. The van der Waals surface area contributed by atoms with Crippen LogP contribution in [-0.2, 0) is 17.6 Å². The number of oxazole rings is 1. The van der Waals surface area contributed by atoms with Crippen molar-refractivity contribution < 1.29 is 28.2 Å². The summed E-state index contributed by atoms with van der Waals surface area (Å²) < 4.78 is 25.0. The van der Waals surface area contributed by atoms with E-state index in [1.807, 2.05) is 49.4 Å². The number of ketones is 1. The first kappa shape index (κ1) is 28.3. The van der Waals surface area contributed by atoms with Crippen LogP contribution in [0.5, 0.6) is 5.75 Å². The fourth-order valence-electron chi connectivity index (χ4n) is 4.54. The second-order valence-electron chi connectivity index (χ2n) is 9.75. The number of ether oxygens (including phenoxy) is 1. The molecule has 1 aromatic heterocycles. The number of rotatable bonds is 12. The monoisotopic (exact) mass is 564 g/mol. The molecule has 42 heavy (non-hydrogen) atoms. The molecule has 5 aromatic rings. The number of hydrogen-bond donors (Lipinski definition) is 2. The van der Waals surface area contributed by atoms with E-state index in [9.17, 15) is 19.1 Å². The number of nitrogens with one attached hydrogen (secondary N) is 1. The number of anilines is 1. The molecule has 0 fully saturated rings. The molecule has 4 aromatic carbocycles. The maximum absolute atomic E-state index is 13.3. The SMILES string of the molecule is Cc1oc(-c2ccccc2)nc1CCOc1ccc(C[C@H](Nc2ccccc2C(=O)c2ccc(F)cc2)C(=O)O)cc1. The van der Waals surface area contributed by atoms with Crippen LogP contribution >= 0.6 is 0 Å². The molecule has 0 unspecified atom stereocenters. The van der Waals surface area contributed by atoms with Gasteiger partial charge in [0.05, 0.1) is 12.3 Å². The van der Waals surface area contributed by atoms with Crippen molar-refractivity contribution in [2.45, 2.75) is 25.8 Å². The van der Waals surface area contributed by atoms with E-state index < -0.39 is 17.8 Å². The van der Waals surface area contributed by atoms with Crippen molar-refractivity contribution >= 4 is 17.4 Å². The molecule has 0 bridgehead atoms. The standard InChI is InChI=1S/C34H29FN2O5/c1-22-29(37-33(42-22)25-7-3-2-4-8-25)19-20-41-27-17-11-23(12-18-27)21-31(34(39)40)36-30-10-6-5-9-28(30)32(38)24-13-15-26(35)16-14-24/h2-18,31,36H,19-21H2,1H3,(H,39,40)/t31-/m0/s1. The third kappa shape index (κ3) is 6.90. The summed E-state index contributed by atoms with van der Waals surface area (Å²) in [6.45, 7) is 2.28. The molecule has 1 atom stereocenters. The first-order chi connectivity index (χ1) is 20.4. The average Bonchev–Trinajstić information content (AvgIpc) is 3.38. The molecule has 5 rings (SSSR count). The van der Waals surface area contributed by atoms with Crippen molar-refractivity contribution in [1.29, 1.82) is 0 Å². The lowest BCUT2D eigenvalue weighted by molar-refractivity contribution is -0.137. The summed E-state index contributed by atoms with van der Waals surface area (Å²) in [6.07, 6.45) is 0.750. The fraction of sp³-hybridized carbons (Fsp3) is 0.147. The summed E-state index contributed by atoms with van der Waals surface area (Å²) >= 11 is 0. The predicted molar refractivity (Wildman–Crippen MR) is 157 cm³/mol. The maximum atomic E-state index is 13.3. The minimum atomic E-state index is -1.06. The van der Waals surface area contributed by atoms with Gasteiger partial charge < -0.3 is 19.6 Å². The molecule has 212 valence electrons. The Labute approximate surface area is 242 Å². The van der Waals surface area contributed by atoms with Gasteiger partial charge in [-0.3, -0.25) is 4.79 Å². The second-order valence-corrected chi connectivity index (χ2v) is 9.75. The lowest BCUT2D eigenvalue weighted by Gasteiger charge is -2.18. The van der Waals surface area contributed by atoms with Gasteiger partial charge in [0.2, 0.25) is 5.89 Å². The minimum Gasteiger partial charge on any atom is -0.493 e. The fourth-order valence-corrected chi connectivity index (χ4v) is 4.54.